The van der Waals surface area contributed by atoms with Crippen LogP contribution in [0.5, 0.6) is 5.75 Å². The lowest BCUT2D eigenvalue weighted by Gasteiger charge is -2.12. The maximum atomic E-state index is 13.2. The Hall–Kier alpha value is -2.65. The number of fused-ring (bicyclic) bond motifs is 1. The number of hydrogen-bond acceptors (Lipinski definition) is 7. The number of nitrogens with two attached hydrogens (primary N) is 1. The number of ether oxygens (including phenoxy) is 1. The lowest BCUT2D eigenvalue weighted by atomic mass is 10.1. The third kappa shape index (κ3) is 3.55. The van der Waals surface area contributed by atoms with Crippen molar-refractivity contribution in [1.29, 1.82) is 0 Å². The molecular formula is C18H24ClN7O2. The Kier molecular flexibility index (Phi) is 5.57. The van der Waals surface area contributed by atoms with Gasteiger partial charge in [0.1, 0.15) is 11.3 Å². The minimum atomic E-state index is -0.237. The van der Waals surface area contributed by atoms with Crippen molar-refractivity contribution in [2.75, 3.05) is 33.5 Å². The number of aryl methyl sites for hydroxylation is 1. The minimum absolute atomic E-state index is 0.0159. The Morgan fingerprint density at radius 2 is 1.96 bits per heavy atom. The molecule has 3 rings (SSSR count). The molecule has 0 aliphatic heterocycles. The summed E-state index contributed by atoms with van der Waals surface area (Å²) < 4.78 is 8.58. The Bertz CT molecular complexity index is 1090. The van der Waals surface area contributed by atoms with Gasteiger partial charge in [0, 0.05) is 30.4 Å². The van der Waals surface area contributed by atoms with Crippen molar-refractivity contribution < 1.29 is 4.74 Å². The van der Waals surface area contributed by atoms with Crippen LogP contribution in [0.25, 0.3) is 11.2 Å². The molecule has 3 aromatic rings. The summed E-state index contributed by atoms with van der Waals surface area (Å²) >= 11 is 6.32. The summed E-state index contributed by atoms with van der Waals surface area (Å²) in [5.74, 6) is 0.767. The molecule has 0 radical (unpaired) electrons. The van der Waals surface area contributed by atoms with Crippen LogP contribution in [0.4, 0.5) is 5.95 Å². The number of methoxy groups -OCH3 is 1. The molecule has 0 aliphatic rings. The molecule has 0 saturated heterocycles. The zero-order chi connectivity index (χ0) is 20.6. The lowest BCUT2D eigenvalue weighted by Crippen LogP contribution is -2.29. The first-order chi connectivity index (χ1) is 13.2. The number of aromatic nitrogens is 5. The molecular weight excluding hydrogens is 382 g/mol. The SMILES string of the molecule is COc1c(C)cnc(Cn2c(=O)n(CCN(C)C)c3c(Cl)nc(N)nc32)c1C. The van der Waals surface area contributed by atoms with E-state index in [1.807, 2.05) is 32.8 Å². The van der Waals surface area contributed by atoms with Crippen molar-refractivity contribution in [3.05, 3.63) is 38.7 Å². The van der Waals surface area contributed by atoms with Crippen LogP contribution in [-0.2, 0) is 13.1 Å². The van der Waals surface area contributed by atoms with Crippen LogP contribution < -0.4 is 16.2 Å². The average molecular weight is 406 g/mol. The van der Waals surface area contributed by atoms with Crippen molar-refractivity contribution in [3.8, 4) is 5.75 Å². The second-order valence-electron chi connectivity index (χ2n) is 6.91. The van der Waals surface area contributed by atoms with E-state index in [9.17, 15) is 4.79 Å². The van der Waals surface area contributed by atoms with Crippen molar-refractivity contribution in [1.82, 2.24) is 29.0 Å². The van der Waals surface area contributed by atoms with Crippen molar-refractivity contribution in [3.63, 3.8) is 0 Å². The first-order valence-electron chi connectivity index (χ1n) is 8.80. The summed E-state index contributed by atoms with van der Waals surface area (Å²) in [4.78, 5) is 28.0. The summed E-state index contributed by atoms with van der Waals surface area (Å²) in [6.07, 6.45) is 1.73. The van der Waals surface area contributed by atoms with Crippen LogP contribution in [0, 0.1) is 13.8 Å². The summed E-state index contributed by atoms with van der Waals surface area (Å²) in [6.45, 7) is 5.18. The predicted molar refractivity (Wildman–Crippen MR) is 109 cm³/mol. The molecule has 0 amide bonds. The Morgan fingerprint density at radius 1 is 1.25 bits per heavy atom. The monoisotopic (exact) mass is 405 g/mol. The van der Waals surface area contributed by atoms with Crippen LogP contribution in [0.15, 0.2) is 11.0 Å². The third-order valence-corrected chi connectivity index (χ3v) is 4.92. The summed E-state index contributed by atoms with van der Waals surface area (Å²) in [7, 11) is 5.49. The van der Waals surface area contributed by atoms with Gasteiger partial charge in [0.25, 0.3) is 0 Å². The molecule has 10 heteroatoms. The standard InChI is InChI=1S/C18H24ClN7O2/c1-10-8-21-12(11(2)14(10)28-5)9-26-16-13(15(19)22-17(20)23-16)25(18(26)27)7-6-24(3)4/h8H,6-7,9H2,1-5H3,(H2,20,22,23). The number of nitrogen functional groups attached to an aromatic ring is 1. The molecule has 150 valence electrons. The molecule has 0 fully saturated rings. The zero-order valence-corrected chi connectivity index (χ0v) is 17.4. The highest BCUT2D eigenvalue weighted by Gasteiger charge is 2.21. The summed E-state index contributed by atoms with van der Waals surface area (Å²) in [5.41, 5.74) is 8.93. The van der Waals surface area contributed by atoms with E-state index in [1.165, 1.54) is 4.57 Å². The van der Waals surface area contributed by atoms with E-state index in [0.717, 1.165) is 16.9 Å². The quantitative estimate of drug-likeness (QED) is 0.619. The van der Waals surface area contributed by atoms with Gasteiger partial charge in [-0.1, -0.05) is 11.6 Å². The normalized spacial score (nSPS) is 11.5. The molecule has 3 heterocycles. The first-order valence-corrected chi connectivity index (χ1v) is 9.18. The van der Waals surface area contributed by atoms with Gasteiger partial charge in [-0.05, 0) is 27.9 Å². The molecule has 0 bridgehead atoms. The highest BCUT2D eigenvalue weighted by Crippen LogP contribution is 2.26. The molecule has 0 spiro atoms. The van der Waals surface area contributed by atoms with Crippen LogP contribution in [0.3, 0.4) is 0 Å². The van der Waals surface area contributed by atoms with Crippen LogP contribution in [0.2, 0.25) is 5.15 Å². The second kappa shape index (κ2) is 7.76. The molecule has 3 aromatic heterocycles. The van der Waals surface area contributed by atoms with Gasteiger partial charge in [-0.25, -0.2) is 4.79 Å². The van der Waals surface area contributed by atoms with Gasteiger partial charge in [-0.15, -0.1) is 0 Å². The van der Waals surface area contributed by atoms with Crippen LogP contribution >= 0.6 is 11.6 Å². The molecule has 0 atom stereocenters. The molecule has 0 aliphatic carbocycles. The smallest absolute Gasteiger partial charge is 0.330 e. The van der Waals surface area contributed by atoms with E-state index in [-0.39, 0.29) is 23.3 Å². The molecule has 28 heavy (non-hydrogen) atoms. The van der Waals surface area contributed by atoms with Gasteiger partial charge >= 0.3 is 5.69 Å². The predicted octanol–water partition coefficient (Wildman–Crippen LogP) is 1.46. The number of hydrogen-bond donors (Lipinski definition) is 1. The van der Waals surface area contributed by atoms with E-state index in [2.05, 4.69) is 15.0 Å². The Balaban J connectivity index is 2.19. The van der Waals surface area contributed by atoms with E-state index < -0.39 is 0 Å². The Labute approximate surface area is 167 Å². The second-order valence-corrected chi connectivity index (χ2v) is 7.27. The fraction of sp³-hybridized carbons (Fsp3) is 0.444. The highest BCUT2D eigenvalue weighted by atomic mass is 35.5. The number of likely N-dealkylation sites (N-methyl/N-ethyl adjacent to an activating group) is 1. The van der Waals surface area contributed by atoms with Crippen molar-refractivity contribution in [2.24, 2.45) is 0 Å². The molecule has 0 saturated carbocycles. The van der Waals surface area contributed by atoms with Gasteiger partial charge in [0.05, 0.1) is 19.3 Å². The van der Waals surface area contributed by atoms with E-state index >= 15 is 0 Å². The topological polar surface area (TPSA) is 104 Å². The maximum absolute atomic E-state index is 13.2. The maximum Gasteiger partial charge on any atom is 0.330 e. The lowest BCUT2D eigenvalue weighted by molar-refractivity contribution is 0.382. The van der Waals surface area contributed by atoms with Gasteiger partial charge in [-0.2, -0.15) is 9.97 Å². The number of imidazole rings is 1. The van der Waals surface area contributed by atoms with E-state index in [4.69, 9.17) is 22.1 Å². The number of nitrogens with zero attached hydrogens (tertiary/aromatic N) is 6. The fourth-order valence-electron chi connectivity index (χ4n) is 3.21. The van der Waals surface area contributed by atoms with Crippen molar-refractivity contribution in [2.45, 2.75) is 26.9 Å². The largest absolute Gasteiger partial charge is 0.496 e. The highest BCUT2D eigenvalue weighted by molar-refractivity contribution is 6.33. The van der Waals surface area contributed by atoms with E-state index in [1.54, 1.807) is 17.9 Å². The Morgan fingerprint density at radius 3 is 2.61 bits per heavy atom. The number of rotatable bonds is 6. The average Bonchev–Trinajstić information content (AvgIpc) is 2.88. The minimum Gasteiger partial charge on any atom is -0.496 e. The molecule has 0 aromatic carbocycles. The summed E-state index contributed by atoms with van der Waals surface area (Å²) in [5, 5.41) is 0.156. The fourth-order valence-corrected chi connectivity index (χ4v) is 3.49. The van der Waals surface area contributed by atoms with E-state index in [0.29, 0.717) is 29.9 Å². The van der Waals surface area contributed by atoms with Crippen molar-refractivity contribution >= 4 is 28.7 Å². The molecule has 0 unspecified atom stereocenters. The third-order valence-electron chi connectivity index (χ3n) is 4.66. The van der Waals surface area contributed by atoms with Crippen LogP contribution in [0.1, 0.15) is 16.8 Å². The number of halogens is 1. The number of anilines is 1. The van der Waals surface area contributed by atoms with Gasteiger partial charge in [0.2, 0.25) is 5.95 Å². The zero-order valence-electron chi connectivity index (χ0n) is 16.7. The molecule has 9 nitrogen and oxygen atoms in total. The molecule has 2 N–H and O–H groups in total. The number of pyridine rings is 1. The first kappa shape index (κ1) is 20.1. The van der Waals surface area contributed by atoms with Gasteiger partial charge < -0.3 is 15.4 Å². The summed E-state index contributed by atoms with van der Waals surface area (Å²) in [6, 6.07) is 0. The van der Waals surface area contributed by atoms with Gasteiger partial charge in [-0.3, -0.25) is 14.1 Å². The van der Waals surface area contributed by atoms with Crippen LogP contribution in [-0.4, -0.2) is 56.7 Å². The van der Waals surface area contributed by atoms with Gasteiger partial charge in [0.15, 0.2) is 10.8 Å².